The maximum atomic E-state index is 13.2. The molecule has 1 amide bonds. The van der Waals surface area contributed by atoms with Crippen molar-refractivity contribution in [2.24, 2.45) is 5.73 Å². The summed E-state index contributed by atoms with van der Waals surface area (Å²) < 4.78 is 13.2. The predicted octanol–water partition coefficient (Wildman–Crippen LogP) is 3.67. The molecule has 0 fully saturated rings. The van der Waals surface area contributed by atoms with Crippen LogP contribution in [0.4, 0.5) is 4.39 Å². The molecule has 1 heterocycles. The topological polar surface area (TPSA) is 76.2 Å². The third-order valence-corrected chi connectivity index (χ3v) is 3.90. The van der Waals surface area contributed by atoms with Crippen LogP contribution in [0.25, 0.3) is 22.4 Å². The fourth-order valence-corrected chi connectivity index (χ4v) is 2.75. The monoisotopic (exact) mass is 322 g/mol. The number of benzene rings is 2. The number of nitrogens with zero attached hydrogens (tertiary/aromatic N) is 1. The van der Waals surface area contributed by atoms with E-state index >= 15 is 0 Å². The maximum absolute atomic E-state index is 13.2. The van der Waals surface area contributed by atoms with E-state index in [4.69, 9.17) is 5.73 Å². The SMILES string of the molecule is Cc1c(-c2ncccc2C(N)=O)ccc(O)c1-c1ccc(F)cc1. The number of hydrogen-bond acceptors (Lipinski definition) is 3. The number of nitrogens with two attached hydrogens (primary N) is 1. The van der Waals surface area contributed by atoms with E-state index in [1.807, 2.05) is 6.92 Å². The molecule has 3 aromatic rings. The Bertz CT molecular complexity index is 921. The van der Waals surface area contributed by atoms with Crippen LogP contribution < -0.4 is 5.73 Å². The van der Waals surface area contributed by atoms with Crippen molar-refractivity contribution in [2.75, 3.05) is 0 Å². The summed E-state index contributed by atoms with van der Waals surface area (Å²) >= 11 is 0. The van der Waals surface area contributed by atoms with Gasteiger partial charge in [0.05, 0.1) is 11.3 Å². The Labute approximate surface area is 138 Å². The molecule has 0 spiro atoms. The summed E-state index contributed by atoms with van der Waals surface area (Å²) in [6.45, 7) is 1.81. The highest BCUT2D eigenvalue weighted by atomic mass is 19.1. The molecule has 0 saturated heterocycles. The summed E-state index contributed by atoms with van der Waals surface area (Å²) in [5.41, 5.74) is 8.82. The maximum Gasteiger partial charge on any atom is 0.250 e. The van der Waals surface area contributed by atoms with Gasteiger partial charge in [-0.1, -0.05) is 12.1 Å². The minimum Gasteiger partial charge on any atom is -0.507 e. The lowest BCUT2D eigenvalue weighted by Gasteiger charge is -2.15. The van der Waals surface area contributed by atoms with Gasteiger partial charge in [-0.2, -0.15) is 0 Å². The Hall–Kier alpha value is -3.21. The predicted molar refractivity (Wildman–Crippen MR) is 90.0 cm³/mol. The number of pyridine rings is 1. The van der Waals surface area contributed by atoms with Crippen LogP contribution in [-0.4, -0.2) is 16.0 Å². The van der Waals surface area contributed by atoms with E-state index in [1.54, 1.807) is 36.5 Å². The fraction of sp³-hybridized carbons (Fsp3) is 0.0526. The molecule has 0 saturated carbocycles. The summed E-state index contributed by atoms with van der Waals surface area (Å²) in [6, 6.07) is 12.3. The van der Waals surface area contributed by atoms with Gasteiger partial charge in [-0.25, -0.2) is 4.39 Å². The van der Waals surface area contributed by atoms with Gasteiger partial charge in [-0.3, -0.25) is 9.78 Å². The van der Waals surface area contributed by atoms with Crippen LogP contribution in [0.5, 0.6) is 5.75 Å². The summed E-state index contributed by atoms with van der Waals surface area (Å²) in [6.07, 6.45) is 1.58. The lowest BCUT2D eigenvalue weighted by Crippen LogP contribution is -2.13. The van der Waals surface area contributed by atoms with Gasteiger partial charge < -0.3 is 10.8 Å². The summed E-state index contributed by atoms with van der Waals surface area (Å²) in [7, 11) is 0. The molecule has 4 nitrogen and oxygen atoms in total. The number of carbonyl (C=O) groups is 1. The van der Waals surface area contributed by atoms with Crippen LogP contribution >= 0.6 is 0 Å². The molecule has 0 aliphatic carbocycles. The van der Waals surface area contributed by atoms with Crippen molar-refractivity contribution in [3.05, 3.63) is 71.7 Å². The average molecular weight is 322 g/mol. The minimum atomic E-state index is -0.575. The standard InChI is InChI=1S/C19H15FN2O2/c1-11-14(18-15(19(21)24)3-2-10-22-18)8-9-16(23)17(11)12-4-6-13(20)7-5-12/h2-10,23H,1H3,(H2,21,24). The van der Waals surface area contributed by atoms with Crippen molar-refractivity contribution in [3.63, 3.8) is 0 Å². The Kier molecular flexibility index (Phi) is 4.00. The number of aromatic nitrogens is 1. The number of phenolic OH excluding ortho intramolecular Hbond substituents is 1. The number of halogens is 1. The minimum absolute atomic E-state index is 0.0689. The number of amides is 1. The molecule has 120 valence electrons. The largest absolute Gasteiger partial charge is 0.507 e. The second-order valence-corrected chi connectivity index (χ2v) is 5.40. The number of primary amides is 1. The van der Waals surface area contributed by atoms with Gasteiger partial charge in [-0.15, -0.1) is 0 Å². The van der Waals surface area contributed by atoms with Crippen LogP contribution in [0.2, 0.25) is 0 Å². The first-order chi connectivity index (χ1) is 11.5. The van der Waals surface area contributed by atoms with Gasteiger partial charge in [0.2, 0.25) is 0 Å². The van der Waals surface area contributed by atoms with E-state index in [-0.39, 0.29) is 11.6 Å². The van der Waals surface area contributed by atoms with E-state index in [2.05, 4.69) is 4.98 Å². The van der Waals surface area contributed by atoms with Crippen LogP contribution in [0.3, 0.4) is 0 Å². The van der Waals surface area contributed by atoms with Crippen molar-refractivity contribution < 1.29 is 14.3 Å². The highest BCUT2D eigenvalue weighted by Gasteiger charge is 2.17. The lowest BCUT2D eigenvalue weighted by molar-refractivity contribution is 0.100. The molecular formula is C19H15FN2O2. The molecule has 0 unspecified atom stereocenters. The first-order valence-electron chi connectivity index (χ1n) is 7.32. The summed E-state index contributed by atoms with van der Waals surface area (Å²) in [5.74, 6) is -0.860. The van der Waals surface area contributed by atoms with E-state index < -0.39 is 5.91 Å². The van der Waals surface area contributed by atoms with E-state index in [9.17, 15) is 14.3 Å². The number of carbonyl (C=O) groups excluding carboxylic acids is 1. The van der Waals surface area contributed by atoms with Crippen molar-refractivity contribution >= 4 is 5.91 Å². The van der Waals surface area contributed by atoms with Crippen molar-refractivity contribution in [2.45, 2.75) is 6.92 Å². The van der Waals surface area contributed by atoms with Gasteiger partial charge in [0.1, 0.15) is 11.6 Å². The van der Waals surface area contributed by atoms with Gasteiger partial charge in [0.15, 0.2) is 0 Å². The first kappa shape index (κ1) is 15.7. The number of rotatable bonds is 3. The fourth-order valence-electron chi connectivity index (χ4n) is 2.75. The second-order valence-electron chi connectivity index (χ2n) is 5.40. The number of aromatic hydroxyl groups is 1. The quantitative estimate of drug-likeness (QED) is 0.772. The Morgan fingerprint density at radius 3 is 2.50 bits per heavy atom. The van der Waals surface area contributed by atoms with Crippen molar-refractivity contribution in [1.29, 1.82) is 0 Å². The lowest BCUT2D eigenvalue weighted by atomic mass is 9.92. The number of phenols is 1. The zero-order chi connectivity index (χ0) is 17.3. The Morgan fingerprint density at radius 1 is 1.12 bits per heavy atom. The molecule has 0 atom stereocenters. The first-order valence-corrected chi connectivity index (χ1v) is 7.32. The molecule has 3 N–H and O–H groups in total. The highest BCUT2D eigenvalue weighted by Crippen LogP contribution is 2.38. The van der Waals surface area contributed by atoms with E-state index in [0.717, 1.165) is 5.56 Å². The second kappa shape index (κ2) is 6.12. The smallest absolute Gasteiger partial charge is 0.250 e. The van der Waals surface area contributed by atoms with Crippen LogP contribution in [0.15, 0.2) is 54.7 Å². The number of hydrogen-bond donors (Lipinski definition) is 2. The molecule has 0 aliphatic heterocycles. The van der Waals surface area contributed by atoms with Crippen LogP contribution in [0, 0.1) is 12.7 Å². The molecule has 0 radical (unpaired) electrons. The van der Waals surface area contributed by atoms with Crippen molar-refractivity contribution in [1.82, 2.24) is 4.98 Å². The normalized spacial score (nSPS) is 10.6. The van der Waals surface area contributed by atoms with Gasteiger partial charge in [0, 0.05) is 17.3 Å². The van der Waals surface area contributed by atoms with Gasteiger partial charge in [-0.05, 0) is 54.4 Å². The van der Waals surface area contributed by atoms with Gasteiger partial charge in [0.25, 0.3) is 5.91 Å². The molecule has 0 bridgehead atoms. The Morgan fingerprint density at radius 2 is 1.83 bits per heavy atom. The van der Waals surface area contributed by atoms with Crippen LogP contribution in [-0.2, 0) is 0 Å². The molecule has 2 aromatic carbocycles. The third-order valence-electron chi connectivity index (χ3n) is 3.90. The highest BCUT2D eigenvalue weighted by molar-refractivity contribution is 5.99. The van der Waals surface area contributed by atoms with Crippen LogP contribution in [0.1, 0.15) is 15.9 Å². The zero-order valence-corrected chi connectivity index (χ0v) is 13.0. The molecule has 24 heavy (non-hydrogen) atoms. The molecular weight excluding hydrogens is 307 g/mol. The third kappa shape index (κ3) is 2.72. The molecule has 5 heteroatoms. The Balaban J connectivity index is 2.24. The average Bonchev–Trinajstić information content (AvgIpc) is 2.57. The van der Waals surface area contributed by atoms with Crippen molar-refractivity contribution in [3.8, 4) is 28.1 Å². The van der Waals surface area contributed by atoms with Gasteiger partial charge >= 0.3 is 0 Å². The molecule has 3 rings (SSSR count). The van der Waals surface area contributed by atoms with E-state index in [0.29, 0.717) is 27.9 Å². The molecule has 0 aliphatic rings. The molecule has 1 aromatic heterocycles. The zero-order valence-electron chi connectivity index (χ0n) is 13.0. The van der Waals surface area contributed by atoms with E-state index in [1.165, 1.54) is 18.2 Å². The summed E-state index contributed by atoms with van der Waals surface area (Å²) in [5, 5.41) is 10.3. The summed E-state index contributed by atoms with van der Waals surface area (Å²) in [4.78, 5) is 15.9.